The highest BCUT2D eigenvalue weighted by atomic mass is 32.2. The van der Waals surface area contributed by atoms with Gasteiger partial charge in [0.2, 0.25) is 5.43 Å². The Morgan fingerprint density at radius 3 is 2.78 bits per heavy atom. The molecule has 2 aliphatic heterocycles. The molecule has 3 aliphatic carbocycles. The van der Waals surface area contributed by atoms with E-state index < -0.39 is 17.2 Å². The molecular formula is C23H22FN3O3S2. The van der Waals surface area contributed by atoms with Gasteiger partial charge in [-0.2, -0.15) is 0 Å². The van der Waals surface area contributed by atoms with E-state index in [9.17, 15) is 14.7 Å². The summed E-state index contributed by atoms with van der Waals surface area (Å²) in [4.78, 5) is 28.3. The monoisotopic (exact) mass is 471 g/mol. The molecule has 3 saturated carbocycles. The maximum absolute atomic E-state index is 15.7. The van der Waals surface area contributed by atoms with Crippen molar-refractivity contribution in [1.82, 2.24) is 4.40 Å². The fourth-order valence-corrected chi connectivity index (χ4v) is 9.31. The van der Waals surface area contributed by atoms with E-state index >= 15 is 4.39 Å². The molecule has 4 fully saturated rings. The molecule has 0 radical (unpaired) electrons. The summed E-state index contributed by atoms with van der Waals surface area (Å²) in [7, 11) is 0. The molecule has 2 unspecified atom stereocenters. The van der Waals surface area contributed by atoms with Crippen LogP contribution in [0.15, 0.2) is 21.1 Å². The second kappa shape index (κ2) is 6.27. The van der Waals surface area contributed by atoms with Gasteiger partial charge in [-0.05, 0) is 49.5 Å². The quantitative estimate of drug-likeness (QED) is 0.589. The van der Waals surface area contributed by atoms with E-state index in [1.807, 2.05) is 9.78 Å². The summed E-state index contributed by atoms with van der Waals surface area (Å²) in [5, 5.41) is 11.7. The number of hydrogen-bond donors (Lipinski definition) is 2. The molecule has 5 aliphatic rings. The Morgan fingerprint density at radius 1 is 1.28 bits per heavy atom. The summed E-state index contributed by atoms with van der Waals surface area (Å²) in [5.41, 5.74) is 7.97. The van der Waals surface area contributed by atoms with Crippen LogP contribution in [0.5, 0.6) is 0 Å². The Kier molecular flexibility index (Phi) is 3.80. The lowest BCUT2D eigenvalue weighted by Gasteiger charge is -2.52. The van der Waals surface area contributed by atoms with Crippen LogP contribution in [-0.2, 0) is 5.75 Å². The minimum absolute atomic E-state index is 0.146. The molecule has 9 heteroatoms. The molecule has 2 bridgehead atoms. The Balaban J connectivity index is 1.47. The Hall–Kier alpha value is -2.10. The minimum atomic E-state index is -1.27. The highest BCUT2D eigenvalue weighted by molar-refractivity contribution is 7.99. The molecule has 166 valence electrons. The summed E-state index contributed by atoms with van der Waals surface area (Å²) in [6, 6.07) is 1.26. The third kappa shape index (κ3) is 2.29. The molecule has 2 aromatic heterocycles. The van der Waals surface area contributed by atoms with Crippen LogP contribution in [0.3, 0.4) is 0 Å². The third-order valence-electron chi connectivity index (χ3n) is 8.45. The highest BCUT2D eigenvalue weighted by Crippen LogP contribution is 2.55. The number of carboxylic acid groups (broad SMARTS) is 1. The third-order valence-corrected chi connectivity index (χ3v) is 10.6. The van der Waals surface area contributed by atoms with Gasteiger partial charge in [-0.1, -0.05) is 0 Å². The first kappa shape index (κ1) is 19.4. The number of nitrogens with zero attached hydrogens (tertiary/aromatic N) is 2. The van der Waals surface area contributed by atoms with E-state index in [1.54, 1.807) is 11.8 Å². The van der Waals surface area contributed by atoms with Crippen LogP contribution < -0.4 is 16.1 Å². The van der Waals surface area contributed by atoms with E-state index in [-0.39, 0.29) is 16.5 Å². The van der Waals surface area contributed by atoms with Crippen LogP contribution in [0.2, 0.25) is 0 Å². The van der Waals surface area contributed by atoms with Crippen molar-refractivity contribution in [3.8, 4) is 0 Å². The number of halogens is 1. The van der Waals surface area contributed by atoms with Crippen molar-refractivity contribution < 1.29 is 14.3 Å². The maximum Gasteiger partial charge on any atom is 0.342 e. The van der Waals surface area contributed by atoms with Crippen molar-refractivity contribution in [3.63, 3.8) is 0 Å². The molecule has 0 amide bonds. The van der Waals surface area contributed by atoms with Crippen molar-refractivity contribution in [2.45, 2.75) is 41.9 Å². The number of aromatic carboxylic acids is 1. The molecule has 6 nitrogen and oxygen atoms in total. The van der Waals surface area contributed by atoms with Crippen molar-refractivity contribution >= 4 is 50.5 Å². The van der Waals surface area contributed by atoms with Gasteiger partial charge in [0.1, 0.15) is 16.2 Å². The van der Waals surface area contributed by atoms with Gasteiger partial charge >= 0.3 is 5.97 Å². The number of hydrogen-bond acceptors (Lipinski definition) is 6. The second-order valence-electron chi connectivity index (χ2n) is 9.84. The first-order valence-electron chi connectivity index (χ1n) is 11.1. The average molecular weight is 472 g/mol. The number of benzene rings is 1. The number of pyridine rings is 1. The number of aromatic nitrogens is 1. The number of anilines is 1. The first-order chi connectivity index (χ1) is 15.4. The van der Waals surface area contributed by atoms with Crippen LogP contribution in [0, 0.1) is 23.6 Å². The topological polar surface area (TPSA) is 88.0 Å². The summed E-state index contributed by atoms with van der Waals surface area (Å²) in [6.07, 6.45) is 4.45. The molecule has 4 heterocycles. The average Bonchev–Trinajstić information content (AvgIpc) is 3.39. The Morgan fingerprint density at radius 2 is 2.06 bits per heavy atom. The molecule has 1 saturated heterocycles. The summed E-state index contributed by atoms with van der Waals surface area (Å²) in [6.45, 7) is 1.54. The van der Waals surface area contributed by atoms with Gasteiger partial charge in [0.05, 0.1) is 21.5 Å². The number of rotatable bonds is 2. The number of carbonyl (C=O) groups is 1. The second-order valence-corrected chi connectivity index (χ2v) is 11.7. The van der Waals surface area contributed by atoms with Crippen LogP contribution in [-0.4, -0.2) is 34.1 Å². The molecular weight excluding hydrogens is 449 g/mol. The summed E-state index contributed by atoms with van der Waals surface area (Å²) in [5.74, 6) is 0.439. The lowest BCUT2D eigenvalue weighted by molar-refractivity contribution is 0.0318. The lowest BCUT2D eigenvalue weighted by atomic mass is 9.56. The Labute approximate surface area is 191 Å². The van der Waals surface area contributed by atoms with Gasteiger partial charge in [-0.3, -0.25) is 4.79 Å². The lowest BCUT2D eigenvalue weighted by Crippen LogP contribution is -2.58. The standard InChI is InChI=1S/C23H22FN3O3S2/c24-15-5-12-17-20(31-8-11-9-32-21(27(11)17)16(19(12)28)22(29)30)18(15)26-6-13-10-1-3-23(25,4-2-10)14(13)7-26/h5,9-10,13-14H,1-4,6-8,25H2,(H,29,30). The number of thiazole rings is 1. The fraction of sp³-hybridized carbons (Fsp3) is 0.478. The van der Waals surface area contributed by atoms with Gasteiger partial charge in [0, 0.05) is 35.5 Å². The van der Waals surface area contributed by atoms with Crippen molar-refractivity contribution in [3.05, 3.63) is 38.7 Å². The largest absolute Gasteiger partial charge is 0.477 e. The van der Waals surface area contributed by atoms with E-state index in [0.29, 0.717) is 39.5 Å². The number of fused-ring (bicyclic) bond motifs is 2. The zero-order valence-electron chi connectivity index (χ0n) is 17.3. The van der Waals surface area contributed by atoms with Crippen LogP contribution in [0.25, 0.3) is 15.7 Å². The zero-order chi connectivity index (χ0) is 21.9. The Bertz CT molecular complexity index is 1410. The van der Waals surface area contributed by atoms with Crippen LogP contribution >= 0.6 is 23.1 Å². The summed E-state index contributed by atoms with van der Waals surface area (Å²) >= 11 is 2.81. The maximum atomic E-state index is 15.7. The number of carboxylic acids is 1. The van der Waals surface area contributed by atoms with Crippen molar-refractivity contribution in [2.75, 3.05) is 18.0 Å². The molecule has 3 aromatic rings. The molecule has 8 rings (SSSR count). The highest BCUT2D eigenvalue weighted by Gasteiger charge is 2.55. The molecule has 0 spiro atoms. The SMILES string of the molecule is NC12CCC(CC1)C1CN(c3c(F)cc4c(=O)c(C(=O)O)c5scc6n5c4c3SC6)CC12. The van der Waals surface area contributed by atoms with Crippen molar-refractivity contribution in [2.24, 2.45) is 23.5 Å². The zero-order valence-corrected chi connectivity index (χ0v) is 18.9. The van der Waals surface area contributed by atoms with Crippen LogP contribution in [0.1, 0.15) is 41.7 Å². The van der Waals surface area contributed by atoms with Gasteiger partial charge < -0.3 is 20.1 Å². The smallest absolute Gasteiger partial charge is 0.342 e. The predicted molar refractivity (Wildman–Crippen MR) is 124 cm³/mol. The molecule has 3 N–H and O–H groups in total. The molecule has 32 heavy (non-hydrogen) atoms. The van der Waals surface area contributed by atoms with E-state index in [1.165, 1.54) is 30.2 Å². The first-order valence-corrected chi connectivity index (χ1v) is 12.9. The van der Waals surface area contributed by atoms with Gasteiger partial charge in [-0.25, -0.2) is 9.18 Å². The minimum Gasteiger partial charge on any atom is -0.477 e. The van der Waals surface area contributed by atoms with Gasteiger partial charge in [0.25, 0.3) is 0 Å². The van der Waals surface area contributed by atoms with E-state index in [0.717, 1.165) is 36.5 Å². The number of thioether (sulfide) groups is 1. The molecule has 1 aromatic carbocycles. The number of nitrogens with two attached hydrogens (primary N) is 1. The van der Waals surface area contributed by atoms with Gasteiger partial charge in [0.15, 0.2) is 0 Å². The fourth-order valence-electron chi connectivity index (χ4n) is 6.95. The van der Waals surface area contributed by atoms with E-state index in [4.69, 9.17) is 5.73 Å². The van der Waals surface area contributed by atoms with Crippen molar-refractivity contribution in [1.29, 1.82) is 0 Å². The summed E-state index contributed by atoms with van der Waals surface area (Å²) < 4.78 is 17.6. The normalized spacial score (nSPS) is 30.6. The van der Waals surface area contributed by atoms with E-state index in [2.05, 4.69) is 4.90 Å². The molecule has 2 atom stereocenters. The van der Waals surface area contributed by atoms with Gasteiger partial charge in [-0.15, -0.1) is 23.1 Å². The van der Waals surface area contributed by atoms with Crippen LogP contribution in [0.4, 0.5) is 10.1 Å². The predicted octanol–water partition coefficient (Wildman–Crippen LogP) is 3.91.